The van der Waals surface area contributed by atoms with Gasteiger partial charge in [0.25, 0.3) is 11.6 Å². The van der Waals surface area contributed by atoms with Gasteiger partial charge in [0.1, 0.15) is 17.1 Å². The molecule has 0 aliphatic carbocycles. The van der Waals surface area contributed by atoms with Crippen LogP contribution in [0.5, 0.6) is 5.75 Å². The smallest absolute Gasteiger partial charge is 0.274 e. The summed E-state index contributed by atoms with van der Waals surface area (Å²) in [6, 6.07) is 6.65. The van der Waals surface area contributed by atoms with Crippen molar-refractivity contribution in [3.8, 4) is 5.75 Å². The number of hydrogen-bond donors (Lipinski definition) is 2. The molecule has 25 heavy (non-hydrogen) atoms. The Labute approximate surface area is 146 Å². The van der Waals surface area contributed by atoms with E-state index in [1.54, 1.807) is 22.7 Å². The number of non-ortho nitro benzene ring substituents is 1. The summed E-state index contributed by atoms with van der Waals surface area (Å²) in [5, 5.41) is 23.7. The minimum Gasteiger partial charge on any atom is -0.506 e. The molecular formula is C16H13ClN4O4. The van der Waals surface area contributed by atoms with Crippen molar-refractivity contribution in [3.05, 3.63) is 63.1 Å². The fourth-order valence-electron chi connectivity index (χ4n) is 2.47. The van der Waals surface area contributed by atoms with Gasteiger partial charge in [-0.1, -0.05) is 18.5 Å². The zero-order valence-electron chi connectivity index (χ0n) is 13.1. The lowest BCUT2D eigenvalue weighted by atomic mass is 10.2. The number of imidazole rings is 1. The molecule has 2 aromatic heterocycles. The Bertz CT molecular complexity index is 999. The Morgan fingerprint density at radius 1 is 1.40 bits per heavy atom. The summed E-state index contributed by atoms with van der Waals surface area (Å²) in [6.07, 6.45) is 2.12. The summed E-state index contributed by atoms with van der Waals surface area (Å²) in [4.78, 5) is 27.3. The first-order valence-corrected chi connectivity index (χ1v) is 7.73. The molecule has 0 bridgehead atoms. The van der Waals surface area contributed by atoms with Crippen LogP contribution in [0.1, 0.15) is 23.1 Å². The number of amides is 1. The average Bonchev–Trinajstić information content (AvgIpc) is 2.94. The van der Waals surface area contributed by atoms with Crippen molar-refractivity contribution in [1.82, 2.24) is 9.38 Å². The number of halogens is 1. The first kappa shape index (κ1) is 16.7. The number of anilines is 1. The number of phenols is 1. The van der Waals surface area contributed by atoms with Crippen LogP contribution in [0.25, 0.3) is 5.65 Å². The molecule has 3 rings (SSSR count). The second-order valence-corrected chi connectivity index (χ2v) is 5.68. The Balaban J connectivity index is 2.03. The third kappa shape index (κ3) is 3.11. The molecule has 128 valence electrons. The number of phenolic OH excluding ortho intramolecular Hbond substituents is 1. The standard InChI is InChI=1S/C16H13ClN4O4/c1-2-11-15(20-6-5-9(17)7-14(20)18-11)16(23)19-12-8-10(21(24)25)3-4-13(12)22/h3-8,22H,2H2,1H3,(H,19,23). The zero-order chi connectivity index (χ0) is 18.1. The van der Waals surface area contributed by atoms with Gasteiger partial charge in [-0.15, -0.1) is 0 Å². The largest absolute Gasteiger partial charge is 0.506 e. The molecule has 0 spiro atoms. The van der Waals surface area contributed by atoms with Crippen molar-refractivity contribution in [2.45, 2.75) is 13.3 Å². The molecule has 8 nitrogen and oxygen atoms in total. The van der Waals surface area contributed by atoms with E-state index in [2.05, 4.69) is 10.3 Å². The van der Waals surface area contributed by atoms with E-state index in [1.165, 1.54) is 0 Å². The number of rotatable bonds is 4. The number of aromatic nitrogens is 2. The average molecular weight is 361 g/mol. The molecule has 2 N–H and O–H groups in total. The highest BCUT2D eigenvalue weighted by Crippen LogP contribution is 2.28. The summed E-state index contributed by atoms with van der Waals surface area (Å²) in [7, 11) is 0. The Morgan fingerprint density at radius 3 is 2.84 bits per heavy atom. The maximum atomic E-state index is 12.7. The van der Waals surface area contributed by atoms with Gasteiger partial charge in [0.15, 0.2) is 0 Å². The molecule has 1 amide bonds. The second-order valence-electron chi connectivity index (χ2n) is 5.25. The first-order valence-electron chi connectivity index (χ1n) is 7.36. The molecular weight excluding hydrogens is 348 g/mol. The molecule has 3 aromatic rings. The van der Waals surface area contributed by atoms with E-state index < -0.39 is 10.8 Å². The van der Waals surface area contributed by atoms with Crippen LogP contribution in [-0.2, 0) is 6.42 Å². The molecule has 2 heterocycles. The molecule has 0 aliphatic rings. The van der Waals surface area contributed by atoms with Crippen molar-refractivity contribution < 1.29 is 14.8 Å². The number of pyridine rings is 1. The summed E-state index contributed by atoms with van der Waals surface area (Å²) >= 11 is 5.95. The Morgan fingerprint density at radius 2 is 2.16 bits per heavy atom. The highest BCUT2D eigenvalue weighted by molar-refractivity contribution is 6.30. The van der Waals surface area contributed by atoms with Crippen LogP contribution in [0, 0.1) is 10.1 Å². The molecule has 0 atom stereocenters. The van der Waals surface area contributed by atoms with Crippen LogP contribution < -0.4 is 5.32 Å². The van der Waals surface area contributed by atoms with Crippen LogP contribution in [0.2, 0.25) is 5.02 Å². The van der Waals surface area contributed by atoms with Crippen molar-refractivity contribution in [1.29, 1.82) is 0 Å². The van der Waals surface area contributed by atoms with Gasteiger partial charge in [-0.05, 0) is 18.6 Å². The summed E-state index contributed by atoms with van der Waals surface area (Å²) in [6.45, 7) is 1.85. The maximum Gasteiger partial charge on any atom is 0.274 e. The molecule has 0 unspecified atom stereocenters. The molecule has 0 saturated carbocycles. The van der Waals surface area contributed by atoms with Crippen LogP contribution >= 0.6 is 11.6 Å². The third-order valence-corrected chi connectivity index (χ3v) is 3.88. The van der Waals surface area contributed by atoms with E-state index in [0.29, 0.717) is 22.8 Å². The maximum absolute atomic E-state index is 12.7. The number of hydrogen-bond acceptors (Lipinski definition) is 5. The molecule has 0 aliphatic heterocycles. The zero-order valence-corrected chi connectivity index (χ0v) is 13.8. The van der Waals surface area contributed by atoms with Gasteiger partial charge in [-0.25, -0.2) is 4.98 Å². The van der Waals surface area contributed by atoms with Gasteiger partial charge in [0, 0.05) is 29.4 Å². The van der Waals surface area contributed by atoms with Crippen molar-refractivity contribution in [2.75, 3.05) is 5.32 Å². The van der Waals surface area contributed by atoms with Gasteiger partial charge >= 0.3 is 0 Å². The monoisotopic (exact) mass is 360 g/mol. The van der Waals surface area contributed by atoms with Crippen molar-refractivity contribution in [3.63, 3.8) is 0 Å². The number of fused-ring (bicyclic) bond motifs is 1. The van der Waals surface area contributed by atoms with Gasteiger partial charge in [-0.2, -0.15) is 0 Å². The topological polar surface area (TPSA) is 110 Å². The van der Waals surface area contributed by atoms with E-state index in [0.717, 1.165) is 18.2 Å². The normalized spacial score (nSPS) is 10.8. The quantitative estimate of drug-likeness (QED) is 0.421. The predicted molar refractivity (Wildman–Crippen MR) is 92.3 cm³/mol. The first-order chi connectivity index (χ1) is 11.9. The van der Waals surface area contributed by atoms with E-state index >= 15 is 0 Å². The SMILES string of the molecule is CCc1nc2cc(Cl)ccn2c1C(=O)Nc1cc([N+](=O)[O-])ccc1O. The van der Waals surface area contributed by atoms with Crippen molar-refractivity contribution >= 4 is 34.5 Å². The van der Waals surface area contributed by atoms with E-state index in [4.69, 9.17) is 11.6 Å². The van der Waals surface area contributed by atoms with E-state index in [9.17, 15) is 20.0 Å². The molecule has 0 saturated heterocycles. The summed E-state index contributed by atoms with van der Waals surface area (Å²) in [5.74, 6) is -0.809. The second kappa shape index (κ2) is 6.40. The van der Waals surface area contributed by atoms with Crippen molar-refractivity contribution in [2.24, 2.45) is 0 Å². The number of carbonyl (C=O) groups excluding carboxylic acids is 1. The van der Waals surface area contributed by atoms with E-state index in [1.807, 2.05) is 6.92 Å². The molecule has 0 radical (unpaired) electrons. The lowest BCUT2D eigenvalue weighted by Crippen LogP contribution is -2.16. The van der Waals surface area contributed by atoms with Gasteiger partial charge < -0.3 is 10.4 Å². The number of nitro groups is 1. The predicted octanol–water partition coefficient (Wildman–Crippen LogP) is 3.42. The number of aryl methyl sites for hydroxylation is 1. The van der Waals surface area contributed by atoms with Crippen LogP contribution in [-0.4, -0.2) is 25.3 Å². The minimum absolute atomic E-state index is 0.0508. The lowest BCUT2D eigenvalue weighted by molar-refractivity contribution is -0.384. The summed E-state index contributed by atoms with van der Waals surface area (Å²) in [5.41, 5.74) is 1.04. The van der Waals surface area contributed by atoms with Crippen LogP contribution in [0.15, 0.2) is 36.5 Å². The Hall–Kier alpha value is -3.13. The van der Waals surface area contributed by atoms with E-state index in [-0.39, 0.29) is 22.8 Å². The van der Waals surface area contributed by atoms with Gasteiger partial charge in [0.2, 0.25) is 0 Å². The molecule has 0 fully saturated rings. The minimum atomic E-state index is -0.608. The fourth-order valence-corrected chi connectivity index (χ4v) is 2.63. The van der Waals surface area contributed by atoms with Crippen LogP contribution in [0.4, 0.5) is 11.4 Å². The number of nitrogens with one attached hydrogen (secondary N) is 1. The molecule has 9 heteroatoms. The summed E-state index contributed by atoms with van der Waals surface area (Å²) < 4.78 is 1.58. The number of aromatic hydroxyl groups is 1. The lowest BCUT2D eigenvalue weighted by Gasteiger charge is -2.08. The highest BCUT2D eigenvalue weighted by atomic mass is 35.5. The van der Waals surface area contributed by atoms with Crippen LogP contribution in [0.3, 0.4) is 0 Å². The Kier molecular flexibility index (Phi) is 4.28. The fraction of sp³-hybridized carbons (Fsp3) is 0.125. The third-order valence-electron chi connectivity index (χ3n) is 3.65. The number of nitro benzene ring substituents is 1. The number of carbonyl (C=O) groups is 1. The number of benzene rings is 1. The van der Waals surface area contributed by atoms with Gasteiger partial charge in [-0.3, -0.25) is 19.3 Å². The highest BCUT2D eigenvalue weighted by Gasteiger charge is 2.20. The number of nitrogens with zero attached hydrogens (tertiary/aromatic N) is 3. The molecule has 1 aromatic carbocycles. The van der Waals surface area contributed by atoms with Gasteiger partial charge in [0.05, 0.1) is 16.3 Å².